The number of phenolic OH excluding ortho intramolecular Hbond substituents is 1. The molecular formula is C17H14N6O2. The fourth-order valence-electron chi connectivity index (χ4n) is 2.67. The molecule has 0 saturated heterocycles. The molecule has 25 heavy (non-hydrogen) atoms. The maximum absolute atomic E-state index is 12.0. The number of hydrogen-bond acceptors (Lipinski definition) is 6. The van der Waals surface area contributed by atoms with E-state index in [4.69, 9.17) is 0 Å². The van der Waals surface area contributed by atoms with Crippen molar-refractivity contribution in [3.63, 3.8) is 0 Å². The SMILES string of the molecule is CNc1nn(-c2nccc3c(=O)[nH]cnc23)cc1-c1ccc(O)cc1. The molecule has 1 aromatic carbocycles. The standard InChI is InChI=1S/C17H14N6O2/c1-18-15-13(10-2-4-11(24)5-3-10)8-23(22-15)16-14-12(6-7-19-16)17(25)21-9-20-14/h2-9,24H,1H3,(H,18,22)(H,20,21,25). The Morgan fingerprint density at radius 3 is 2.72 bits per heavy atom. The molecule has 3 aromatic heterocycles. The molecule has 4 aromatic rings. The second kappa shape index (κ2) is 5.75. The van der Waals surface area contributed by atoms with Crippen molar-refractivity contribution >= 4 is 16.7 Å². The Balaban J connectivity index is 1.92. The lowest BCUT2D eigenvalue weighted by Gasteiger charge is -2.03. The monoisotopic (exact) mass is 334 g/mol. The first kappa shape index (κ1) is 14.9. The van der Waals surface area contributed by atoms with E-state index >= 15 is 0 Å². The molecule has 0 unspecified atom stereocenters. The van der Waals surface area contributed by atoms with Gasteiger partial charge in [0.15, 0.2) is 11.6 Å². The van der Waals surface area contributed by atoms with E-state index in [2.05, 4.69) is 25.4 Å². The molecule has 3 heterocycles. The van der Waals surface area contributed by atoms with Crippen LogP contribution >= 0.6 is 0 Å². The Labute approximate surface area is 141 Å². The fraction of sp³-hybridized carbons (Fsp3) is 0.0588. The van der Waals surface area contributed by atoms with Gasteiger partial charge in [-0.15, -0.1) is 5.10 Å². The number of aromatic nitrogens is 5. The molecule has 0 amide bonds. The number of H-pyrrole nitrogens is 1. The van der Waals surface area contributed by atoms with Crippen molar-refractivity contribution in [2.24, 2.45) is 0 Å². The first-order valence-electron chi connectivity index (χ1n) is 7.57. The van der Waals surface area contributed by atoms with Gasteiger partial charge in [-0.05, 0) is 23.8 Å². The van der Waals surface area contributed by atoms with Crippen molar-refractivity contribution < 1.29 is 5.11 Å². The highest BCUT2D eigenvalue weighted by Crippen LogP contribution is 2.29. The van der Waals surface area contributed by atoms with Crippen molar-refractivity contribution in [3.8, 4) is 22.7 Å². The van der Waals surface area contributed by atoms with E-state index < -0.39 is 0 Å². The maximum Gasteiger partial charge on any atom is 0.258 e. The summed E-state index contributed by atoms with van der Waals surface area (Å²) in [6.45, 7) is 0. The minimum absolute atomic E-state index is 0.196. The van der Waals surface area contributed by atoms with Crippen LogP contribution in [0.1, 0.15) is 0 Å². The number of fused-ring (bicyclic) bond motifs is 1. The minimum atomic E-state index is -0.228. The number of nitrogens with zero attached hydrogens (tertiary/aromatic N) is 4. The summed E-state index contributed by atoms with van der Waals surface area (Å²) in [6.07, 6.45) is 4.71. The second-order valence-electron chi connectivity index (χ2n) is 5.40. The summed E-state index contributed by atoms with van der Waals surface area (Å²) >= 11 is 0. The molecule has 0 fully saturated rings. The number of rotatable bonds is 3. The smallest absolute Gasteiger partial charge is 0.258 e. The molecule has 8 nitrogen and oxygen atoms in total. The third-order valence-corrected chi connectivity index (χ3v) is 3.89. The molecule has 0 radical (unpaired) electrons. The summed E-state index contributed by atoms with van der Waals surface area (Å²) in [5, 5.41) is 17.5. The summed E-state index contributed by atoms with van der Waals surface area (Å²) < 4.78 is 1.59. The number of aromatic amines is 1. The Hall–Kier alpha value is -3.68. The van der Waals surface area contributed by atoms with E-state index in [0.717, 1.165) is 11.1 Å². The molecule has 0 spiro atoms. The van der Waals surface area contributed by atoms with Gasteiger partial charge < -0.3 is 15.4 Å². The van der Waals surface area contributed by atoms with E-state index in [0.29, 0.717) is 22.5 Å². The number of phenols is 1. The minimum Gasteiger partial charge on any atom is -0.508 e. The molecule has 0 saturated carbocycles. The molecule has 0 aliphatic rings. The maximum atomic E-state index is 12.0. The molecule has 124 valence electrons. The van der Waals surface area contributed by atoms with Gasteiger partial charge in [-0.25, -0.2) is 14.6 Å². The van der Waals surface area contributed by atoms with Crippen LogP contribution in [0.25, 0.3) is 27.8 Å². The molecule has 0 bridgehead atoms. The molecule has 8 heteroatoms. The highest BCUT2D eigenvalue weighted by molar-refractivity contribution is 5.84. The zero-order valence-corrected chi connectivity index (χ0v) is 13.3. The van der Waals surface area contributed by atoms with Crippen LogP contribution in [0.2, 0.25) is 0 Å². The van der Waals surface area contributed by atoms with E-state index in [1.807, 2.05) is 6.20 Å². The van der Waals surface area contributed by atoms with Crippen molar-refractivity contribution in [3.05, 3.63) is 59.4 Å². The van der Waals surface area contributed by atoms with Gasteiger partial charge in [0.25, 0.3) is 5.56 Å². The summed E-state index contributed by atoms with van der Waals surface area (Å²) in [6, 6.07) is 8.45. The number of anilines is 1. The zero-order chi connectivity index (χ0) is 17.4. The van der Waals surface area contributed by atoms with Gasteiger partial charge in [0, 0.05) is 25.0 Å². The van der Waals surface area contributed by atoms with Crippen LogP contribution in [-0.4, -0.2) is 36.9 Å². The lowest BCUT2D eigenvalue weighted by Crippen LogP contribution is -2.09. The highest BCUT2D eigenvalue weighted by Gasteiger charge is 2.15. The van der Waals surface area contributed by atoms with Gasteiger partial charge in [-0.1, -0.05) is 12.1 Å². The van der Waals surface area contributed by atoms with Crippen LogP contribution in [0, 0.1) is 0 Å². The van der Waals surface area contributed by atoms with E-state index in [1.165, 1.54) is 6.33 Å². The summed E-state index contributed by atoms with van der Waals surface area (Å²) in [4.78, 5) is 23.1. The normalized spacial score (nSPS) is 10.9. The van der Waals surface area contributed by atoms with Gasteiger partial charge in [0.2, 0.25) is 0 Å². The topological polar surface area (TPSA) is 109 Å². The zero-order valence-electron chi connectivity index (χ0n) is 13.3. The number of nitrogens with one attached hydrogen (secondary N) is 2. The average Bonchev–Trinajstić information content (AvgIpc) is 3.06. The Bertz CT molecular complexity index is 1110. The molecule has 0 aliphatic carbocycles. The first-order valence-corrected chi connectivity index (χ1v) is 7.57. The van der Waals surface area contributed by atoms with Gasteiger partial charge in [0.1, 0.15) is 11.3 Å². The molecule has 0 atom stereocenters. The Kier molecular flexibility index (Phi) is 3.42. The largest absolute Gasteiger partial charge is 0.508 e. The average molecular weight is 334 g/mol. The summed E-state index contributed by atoms with van der Waals surface area (Å²) in [7, 11) is 1.77. The van der Waals surface area contributed by atoms with Crippen LogP contribution in [0.4, 0.5) is 5.82 Å². The predicted octanol–water partition coefficient (Wildman–Crippen LogP) is 1.92. The third-order valence-electron chi connectivity index (χ3n) is 3.89. The van der Waals surface area contributed by atoms with E-state index in [1.54, 1.807) is 48.3 Å². The van der Waals surface area contributed by atoms with Crippen molar-refractivity contribution in [1.82, 2.24) is 24.7 Å². The van der Waals surface area contributed by atoms with E-state index in [9.17, 15) is 9.90 Å². The van der Waals surface area contributed by atoms with Crippen molar-refractivity contribution in [1.29, 1.82) is 0 Å². The van der Waals surface area contributed by atoms with Crippen LogP contribution in [0.15, 0.2) is 53.8 Å². The lowest BCUT2D eigenvalue weighted by atomic mass is 10.1. The van der Waals surface area contributed by atoms with Crippen molar-refractivity contribution in [2.75, 3.05) is 12.4 Å². The fourth-order valence-corrected chi connectivity index (χ4v) is 2.67. The van der Waals surface area contributed by atoms with Crippen molar-refractivity contribution in [2.45, 2.75) is 0 Å². The molecule has 4 rings (SSSR count). The van der Waals surface area contributed by atoms with Crippen LogP contribution < -0.4 is 10.9 Å². The number of hydrogen-bond donors (Lipinski definition) is 3. The van der Waals surface area contributed by atoms with Gasteiger partial charge in [-0.2, -0.15) is 0 Å². The van der Waals surface area contributed by atoms with Gasteiger partial charge >= 0.3 is 0 Å². The quantitative estimate of drug-likeness (QED) is 0.528. The van der Waals surface area contributed by atoms with Crippen LogP contribution in [0.5, 0.6) is 5.75 Å². The summed E-state index contributed by atoms with van der Waals surface area (Å²) in [5.74, 6) is 1.31. The van der Waals surface area contributed by atoms with Gasteiger partial charge in [-0.3, -0.25) is 4.79 Å². The van der Waals surface area contributed by atoms with Crippen LogP contribution in [0.3, 0.4) is 0 Å². The third kappa shape index (κ3) is 2.49. The first-order chi connectivity index (χ1) is 12.2. The molecule has 0 aliphatic heterocycles. The summed E-state index contributed by atoms with van der Waals surface area (Å²) in [5.41, 5.74) is 1.97. The lowest BCUT2D eigenvalue weighted by molar-refractivity contribution is 0.475. The number of benzene rings is 1. The molecular weight excluding hydrogens is 320 g/mol. The van der Waals surface area contributed by atoms with E-state index in [-0.39, 0.29) is 11.3 Å². The Morgan fingerprint density at radius 2 is 1.96 bits per heavy atom. The number of aromatic hydroxyl groups is 1. The van der Waals surface area contributed by atoms with Gasteiger partial charge in [0.05, 0.1) is 11.7 Å². The van der Waals surface area contributed by atoms with Crippen LogP contribution in [-0.2, 0) is 0 Å². The number of pyridine rings is 1. The highest BCUT2D eigenvalue weighted by atomic mass is 16.3. The Morgan fingerprint density at radius 1 is 1.16 bits per heavy atom. The predicted molar refractivity (Wildman–Crippen MR) is 93.9 cm³/mol. The second-order valence-corrected chi connectivity index (χ2v) is 5.40. The molecule has 3 N–H and O–H groups in total.